The molecule has 12 aromatic carbocycles. The second kappa shape index (κ2) is 38.4. The quantitative estimate of drug-likeness (QED) is 0.0588. The summed E-state index contributed by atoms with van der Waals surface area (Å²) in [4.78, 5) is 16.8. The van der Waals surface area contributed by atoms with Crippen LogP contribution in [0.5, 0.6) is 0 Å². The molecule has 0 aliphatic carbocycles. The third-order valence-electron chi connectivity index (χ3n) is 20.6. The number of para-hydroxylation sites is 3. The van der Waals surface area contributed by atoms with Crippen molar-refractivity contribution in [1.29, 1.82) is 0 Å². The molecule has 1 unspecified atom stereocenters. The summed E-state index contributed by atoms with van der Waals surface area (Å²) in [6, 6.07) is 112. The van der Waals surface area contributed by atoms with Gasteiger partial charge in [0.1, 0.15) is 0 Å². The van der Waals surface area contributed by atoms with E-state index >= 15 is 9.13 Å². The van der Waals surface area contributed by atoms with Gasteiger partial charge < -0.3 is 18.6 Å². The van der Waals surface area contributed by atoms with Crippen LogP contribution < -0.4 is 42.0 Å². The summed E-state index contributed by atoms with van der Waals surface area (Å²) in [7, 11) is -8.78. The van der Waals surface area contributed by atoms with Gasteiger partial charge in [0.15, 0.2) is 14.3 Å². The maximum Gasteiger partial charge on any atom is 0.153 e. The van der Waals surface area contributed by atoms with Crippen LogP contribution in [0.15, 0.2) is 303 Å². The summed E-state index contributed by atoms with van der Waals surface area (Å²) in [5.41, 5.74) is 18.4. The van der Waals surface area contributed by atoms with Crippen LogP contribution in [-0.4, -0.2) is 27.3 Å². The number of hydrogen-bond acceptors (Lipinski definition) is 7. The van der Waals surface area contributed by atoms with E-state index in [4.69, 9.17) is 15.0 Å². The zero-order valence-electron chi connectivity index (χ0n) is 67.0. The maximum atomic E-state index is 15.6. The van der Waals surface area contributed by atoms with Gasteiger partial charge in [-0.2, -0.15) is 0 Å². The van der Waals surface area contributed by atoms with Crippen LogP contribution in [0.2, 0.25) is 0 Å². The first kappa shape index (κ1) is 87.7. The van der Waals surface area contributed by atoms with E-state index in [0.29, 0.717) is 0 Å². The summed E-state index contributed by atoms with van der Waals surface area (Å²) in [5.74, 6) is 0. The first-order chi connectivity index (χ1) is 53.4. The van der Waals surface area contributed by atoms with Crippen molar-refractivity contribution >= 4 is 108 Å². The van der Waals surface area contributed by atoms with E-state index in [-0.39, 0.29) is 71.1 Å². The molecule has 0 saturated carbocycles. The van der Waals surface area contributed by atoms with Gasteiger partial charge in [-0.25, -0.2) is 0 Å². The van der Waals surface area contributed by atoms with E-state index in [1.165, 1.54) is 33.4 Å². The molecule has 7 nitrogen and oxygen atoms in total. The Hall–Kier alpha value is -8.69. The van der Waals surface area contributed by atoms with Gasteiger partial charge in [0.25, 0.3) is 0 Å². The van der Waals surface area contributed by atoms with Crippen molar-refractivity contribution in [2.45, 2.75) is 120 Å². The van der Waals surface area contributed by atoms with Crippen molar-refractivity contribution in [1.82, 2.24) is 15.0 Å². The minimum Gasteiger partial charge on any atom is -0.320 e. The Morgan fingerprint density at radius 1 is 0.316 bits per heavy atom. The Morgan fingerprint density at radius 2 is 0.623 bits per heavy atom. The number of anilines is 3. The number of benzene rings is 12. The summed E-state index contributed by atoms with van der Waals surface area (Å²) < 4.78 is 44.6. The molecule has 0 spiro atoms. The van der Waals surface area contributed by atoms with Crippen LogP contribution in [0.3, 0.4) is 0 Å². The second-order valence-corrected chi connectivity index (χ2v) is 40.0. The number of aryl methyl sites for hydroxylation is 4. The zero-order valence-corrected chi connectivity index (χ0v) is 76.8. The van der Waals surface area contributed by atoms with Crippen molar-refractivity contribution in [3.63, 3.8) is 0 Å². The maximum absolute atomic E-state index is 15.6. The van der Waals surface area contributed by atoms with Gasteiger partial charge in [-0.05, 0) is 185 Å². The summed E-state index contributed by atoms with van der Waals surface area (Å²) >= 11 is 0. The summed E-state index contributed by atoms with van der Waals surface area (Å²) in [6.45, 7) is 26.0. The smallest absolute Gasteiger partial charge is 0.153 e. The fourth-order valence-corrected chi connectivity index (χ4v) is 23.0. The first-order valence-corrected chi connectivity index (χ1v) is 44.2. The largest absolute Gasteiger partial charge is 0.320 e. The van der Waals surface area contributed by atoms with Crippen molar-refractivity contribution in [2.24, 2.45) is 0 Å². The number of nitrogens with zero attached hydrogens (tertiary/aromatic N) is 4. The molecular formula is C101H98Ir3N4O3P3-3. The molecule has 0 N–H and O–H groups in total. The van der Waals surface area contributed by atoms with Gasteiger partial charge in [0, 0.05) is 111 Å². The molecule has 13 heteroatoms. The average Bonchev–Trinajstić information content (AvgIpc) is 0.575. The molecule has 0 fully saturated rings. The second-order valence-electron chi connectivity index (χ2n) is 31.3. The Balaban J connectivity index is 0.000000186. The van der Waals surface area contributed by atoms with Crippen molar-refractivity contribution in [3.05, 3.63) is 355 Å². The third-order valence-corrected chi connectivity index (χ3v) is 30.0. The van der Waals surface area contributed by atoms with E-state index < -0.39 is 21.4 Å². The molecule has 114 heavy (non-hydrogen) atoms. The van der Waals surface area contributed by atoms with Gasteiger partial charge in [-0.15, -0.1) is 89.5 Å². The zero-order chi connectivity index (χ0) is 78.1. The summed E-state index contributed by atoms with van der Waals surface area (Å²) in [6.07, 6.45) is 5.80. The normalized spacial score (nSPS) is 12.0. The van der Waals surface area contributed by atoms with E-state index in [9.17, 15) is 4.57 Å². The van der Waals surface area contributed by atoms with Crippen LogP contribution in [0.4, 0.5) is 17.1 Å². The molecule has 15 aromatic rings. The number of hydrogen-bond donors (Lipinski definition) is 0. The van der Waals surface area contributed by atoms with Gasteiger partial charge in [0.2, 0.25) is 0 Å². The minimum atomic E-state index is -3.26. The Labute approximate surface area is 716 Å². The van der Waals surface area contributed by atoms with Crippen LogP contribution in [0.25, 0.3) is 66.5 Å². The van der Waals surface area contributed by atoms with Crippen molar-refractivity contribution < 1.29 is 74.0 Å². The van der Waals surface area contributed by atoms with Crippen LogP contribution in [-0.2, 0) is 84.8 Å². The molecule has 1 atom stereocenters. The first-order valence-electron chi connectivity index (χ1n) is 38.7. The molecule has 0 amide bonds. The minimum absolute atomic E-state index is 0. The average molecular weight is 2090 g/mol. The molecule has 0 aliphatic heterocycles. The van der Waals surface area contributed by atoms with Crippen molar-refractivity contribution in [2.75, 3.05) is 17.2 Å². The SMILES string of the molecule is CC(C)(C)c1ccc(P(=O)(c2ccc(C(C)(C)C)cc2)c2cc[c-]c(-c3ccc4ccccc4n3)c2)cc1.CCCCP(=O)(CCCC)c1cc[c-]c(-c2ccc3ccccc3n2)c1.Cc1cc(C)cc(N(c2ccc(P(=O)(c3ccccc3)c3cc[c-]c(-c4ccc5ccccc5n4)c3)cc2)c2cc(C)cc(C)c2)c1.[Ir].[Ir].[Ir]. The molecule has 0 aliphatic rings. The summed E-state index contributed by atoms with van der Waals surface area (Å²) in [5, 5.41) is 9.05. The number of unbranched alkanes of at least 4 members (excludes halogenated alkanes) is 2. The van der Waals surface area contributed by atoms with E-state index in [2.05, 4.69) is 221 Å². The molecule has 3 heterocycles. The van der Waals surface area contributed by atoms with E-state index in [0.717, 1.165) is 159 Å². The van der Waals surface area contributed by atoms with Gasteiger partial charge in [-0.3, -0.25) is 15.0 Å². The van der Waals surface area contributed by atoms with Gasteiger partial charge in [-0.1, -0.05) is 266 Å². The fraction of sp³-hybridized carbons (Fsp3) is 0.198. The van der Waals surface area contributed by atoms with Crippen LogP contribution in [0, 0.1) is 45.9 Å². The molecular weight excluding hydrogens is 1990 g/mol. The Bertz CT molecular complexity index is 5800. The predicted molar refractivity (Wildman–Crippen MR) is 475 cm³/mol. The van der Waals surface area contributed by atoms with Gasteiger partial charge in [0.05, 0.1) is 23.7 Å². The molecule has 585 valence electrons. The number of aromatic nitrogens is 3. The third kappa shape index (κ3) is 20.2. The Kier molecular flexibility index (Phi) is 29.5. The number of rotatable bonds is 19. The van der Waals surface area contributed by atoms with Gasteiger partial charge >= 0.3 is 0 Å². The van der Waals surface area contributed by atoms with Crippen molar-refractivity contribution in [3.8, 4) is 33.8 Å². The number of pyridine rings is 3. The fourth-order valence-electron chi connectivity index (χ4n) is 14.6. The Morgan fingerprint density at radius 3 is 0.965 bits per heavy atom. The molecule has 0 saturated heterocycles. The molecule has 15 rings (SSSR count). The predicted octanol–water partition coefficient (Wildman–Crippen LogP) is 24.3. The monoisotopic (exact) mass is 2090 g/mol. The standard InChI is InChI=1S/C43H36N2OP.C35H35NOP.C23H27NOP.3Ir/c1-30-23-31(2)26-37(25-30)45(38-27-32(3)24-33(4)28-38)36-18-20-40(21-19-36)47(46,39-13-6-5-7-14-39)41-15-10-12-35(29-41)43-22-17-34-11-8-9-16-42(34)44-43;1-34(2,3)27-15-19-29(20-16-27)38(37,30-21-17-28(18-22-30)35(4,5)6)31-12-9-11-26(24-31)33-23-14-25-10-7-8-13-32(25)36-33;1-3-5-16-26(25,17-6-4-2)21-12-9-11-20(18-21)23-15-14-19-10-7-8-13-22(19)24-23;;;/h5-11,13-29H,1-4H3;7-10,12-24H,1-6H3;7-10,12-15,18H,3-6,16-17H2,1-2H3;;;/q3*-1;;;. The molecule has 3 radical (unpaired) electrons. The van der Waals surface area contributed by atoms with Crippen LogP contribution in [0.1, 0.15) is 114 Å². The van der Waals surface area contributed by atoms with Crippen LogP contribution >= 0.6 is 21.4 Å². The molecule has 3 aromatic heterocycles. The number of fused-ring (bicyclic) bond motifs is 3. The van der Waals surface area contributed by atoms with E-state index in [1.54, 1.807) is 0 Å². The van der Waals surface area contributed by atoms with E-state index in [1.807, 2.05) is 188 Å². The molecule has 0 bridgehead atoms. The topological polar surface area (TPSA) is 93.1 Å².